The standard InChI is InChI=1S/C14H10F3NO2.C7H6BF3O2/c1-20-13(19)10-4-7-12(18-8-10)9-2-5-11(6-3-9)14(15,16)17;9-7(10,11)5-1-3-6(4-2-5)8(12)13/h2-8H,1H3;1-4,12-13H. The van der Waals surface area contributed by atoms with E-state index in [0.29, 0.717) is 11.3 Å². The van der Waals surface area contributed by atoms with Gasteiger partial charge in [0.1, 0.15) is 0 Å². The lowest BCUT2D eigenvalue weighted by atomic mass is 9.80. The maximum absolute atomic E-state index is 12.4. The van der Waals surface area contributed by atoms with Gasteiger partial charge in [-0.05, 0) is 29.7 Å². The minimum absolute atomic E-state index is 0.0352. The highest BCUT2D eigenvalue weighted by atomic mass is 19.4. The summed E-state index contributed by atoms with van der Waals surface area (Å²) < 4.78 is 77.8. The van der Waals surface area contributed by atoms with Crippen LogP contribution in [0.3, 0.4) is 0 Å². The van der Waals surface area contributed by atoms with E-state index in [1.54, 1.807) is 6.07 Å². The van der Waals surface area contributed by atoms with Crippen molar-refractivity contribution in [3.8, 4) is 11.3 Å². The molecular weight excluding hydrogens is 455 g/mol. The van der Waals surface area contributed by atoms with E-state index >= 15 is 0 Å². The molecule has 1 aromatic heterocycles. The molecule has 0 spiro atoms. The van der Waals surface area contributed by atoms with Crippen LogP contribution in [0.1, 0.15) is 21.5 Å². The zero-order chi connectivity index (χ0) is 24.8. The number of nitrogens with zero attached hydrogens (tertiary/aromatic N) is 1. The molecule has 0 saturated carbocycles. The van der Waals surface area contributed by atoms with E-state index in [1.807, 2.05) is 0 Å². The fourth-order valence-electron chi connectivity index (χ4n) is 2.48. The van der Waals surface area contributed by atoms with Crippen LogP contribution in [0.4, 0.5) is 26.3 Å². The minimum Gasteiger partial charge on any atom is -0.465 e. The van der Waals surface area contributed by atoms with Crippen LogP contribution in [-0.2, 0) is 17.1 Å². The third kappa shape index (κ3) is 7.33. The molecule has 0 aliphatic carbocycles. The van der Waals surface area contributed by atoms with Gasteiger partial charge in [-0.25, -0.2) is 4.79 Å². The van der Waals surface area contributed by atoms with Gasteiger partial charge in [-0.2, -0.15) is 26.3 Å². The Kier molecular flexibility index (Phi) is 8.23. The van der Waals surface area contributed by atoms with Crippen molar-refractivity contribution in [1.29, 1.82) is 0 Å². The molecule has 12 heteroatoms. The normalized spacial score (nSPS) is 11.3. The first kappa shape index (κ1) is 25.9. The summed E-state index contributed by atoms with van der Waals surface area (Å²) in [7, 11) is -0.478. The van der Waals surface area contributed by atoms with Crippen LogP contribution in [0.25, 0.3) is 11.3 Å². The number of carbonyl (C=O) groups is 1. The third-order valence-electron chi connectivity index (χ3n) is 4.23. The van der Waals surface area contributed by atoms with E-state index in [-0.39, 0.29) is 11.0 Å². The van der Waals surface area contributed by atoms with Crippen molar-refractivity contribution in [2.24, 2.45) is 0 Å². The first-order valence-corrected chi connectivity index (χ1v) is 9.08. The molecular formula is C21H16BF6NO4. The highest BCUT2D eigenvalue weighted by Crippen LogP contribution is 2.30. The largest absolute Gasteiger partial charge is 0.488 e. The molecule has 0 aliphatic heterocycles. The molecule has 0 radical (unpaired) electrons. The second kappa shape index (κ2) is 10.5. The molecule has 0 atom stereocenters. The highest BCUT2D eigenvalue weighted by molar-refractivity contribution is 6.58. The summed E-state index contributed by atoms with van der Waals surface area (Å²) in [5.41, 5.74) is -0.193. The van der Waals surface area contributed by atoms with Gasteiger partial charge in [-0.15, -0.1) is 0 Å². The van der Waals surface area contributed by atoms with Crippen LogP contribution in [-0.4, -0.2) is 35.2 Å². The zero-order valence-electron chi connectivity index (χ0n) is 16.9. The van der Waals surface area contributed by atoms with Crippen LogP contribution in [0, 0.1) is 0 Å². The lowest BCUT2D eigenvalue weighted by Gasteiger charge is -2.07. The number of esters is 1. The molecule has 2 aromatic carbocycles. The van der Waals surface area contributed by atoms with Gasteiger partial charge in [-0.3, -0.25) is 4.98 Å². The smallest absolute Gasteiger partial charge is 0.465 e. The van der Waals surface area contributed by atoms with Gasteiger partial charge in [0.15, 0.2) is 0 Å². The van der Waals surface area contributed by atoms with Gasteiger partial charge in [0.25, 0.3) is 0 Å². The van der Waals surface area contributed by atoms with Crippen molar-refractivity contribution in [2.45, 2.75) is 12.4 Å². The van der Waals surface area contributed by atoms with E-state index in [2.05, 4.69) is 9.72 Å². The van der Waals surface area contributed by atoms with Crippen molar-refractivity contribution in [3.05, 3.63) is 83.6 Å². The average Bonchev–Trinajstić information content (AvgIpc) is 2.78. The zero-order valence-corrected chi connectivity index (χ0v) is 16.9. The third-order valence-corrected chi connectivity index (χ3v) is 4.23. The predicted octanol–water partition coefficient (Wildman–Crippen LogP) is 3.94. The summed E-state index contributed by atoms with van der Waals surface area (Å²) >= 11 is 0. The van der Waals surface area contributed by atoms with Gasteiger partial charge < -0.3 is 14.8 Å². The minimum atomic E-state index is -4.39. The molecule has 3 rings (SSSR count). The number of pyridine rings is 1. The molecule has 174 valence electrons. The molecule has 33 heavy (non-hydrogen) atoms. The number of hydrogen-bond acceptors (Lipinski definition) is 5. The quantitative estimate of drug-likeness (QED) is 0.344. The van der Waals surface area contributed by atoms with Gasteiger partial charge in [-0.1, -0.05) is 36.4 Å². The number of benzene rings is 2. The van der Waals surface area contributed by atoms with Crippen LogP contribution < -0.4 is 5.46 Å². The molecule has 0 saturated heterocycles. The summed E-state index contributed by atoms with van der Waals surface area (Å²) in [5.74, 6) is -0.517. The van der Waals surface area contributed by atoms with E-state index in [0.717, 1.165) is 36.4 Å². The number of ether oxygens (including phenoxy) is 1. The second-order valence-electron chi connectivity index (χ2n) is 6.49. The molecule has 0 amide bonds. The summed E-state index contributed by atoms with van der Waals surface area (Å²) in [6.07, 6.45) is -7.43. The van der Waals surface area contributed by atoms with Crippen LogP contribution in [0.5, 0.6) is 0 Å². The van der Waals surface area contributed by atoms with Crippen molar-refractivity contribution in [1.82, 2.24) is 4.98 Å². The summed E-state index contributed by atoms with van der Waals surface area (Å²) in [6.45, 7) is 0. The van der Waals surface area contributed by atoms with E-state index in [4.69, 9.17) is 10.0 Å². The van der Waals surface area contributed by atoms with Crippen LogP contribution >= 0.6 is 0 Å². The molecule has 1 heterocycles. The van der Waals surface area contributed by atoms with Crippen molar-refractivity contribution in [3.63, 3.8) is 0 Å². The molecule has 0 aliphatic rings. The van der Waals surface area contributed by atoms with E-state index < -0.39 is 36.6 Å². The Morgan fingerprint density at radius 3 is 1.67 bits per heavy atom. The Morgan fingerprint density at radius 1 is 0.818 bits per heavy atom. The SMILES string of the molecule is COC(=O)c1ccc(-c2ccc(C(F)(F)F)cc2)nc1.OB(O)c1ccc(C(F)(F)F)cc1. The number of hydrogen-bond donors (Lipinski definition) is 2. The molecule has 0 fully saturated rings. The highest BCUT2D eigenvalue weighted by Gasteiger charge is 2.31. The fourth-order valence-corrected chi connectivity index (χ4v) is 2.48. The van der Waals surface area contributed by atoms with Crippen molar-refractivity contribution < 1.29 is 45.9 Å². The summed E-state index contributed by atoms with van der Waals surface area (Å²) in [6, 6.07) is 11.4. The molecule has 5 nitrogen and oxygen atoms in total. The van der Waals surface area contributed by atoms with Crippen LogP contribution in [0.2, 0.25) is 0 Å². The number of alkyl halides is 6. The maximum Gasteiger partial charge on any atom is 0.488 e. The number of halogens is 6. The maximum atomic E-state index is 12.4. The number of carbonyl (C=O) groups excluding carboxylic acids is 1. The predicted molar refractivity (Wildman–Crippen MR) is 107 cm³/mol. The molecule has 2 N–H and O–H groups in total. The molecule has 0 bridgehead atoms. The number of methoxy groups -OCH3 is 1. The monoisotopic (exact) mass is 471 g/mol. The lowest BCUT2D eigenvalue weighted by molar-refractivity contribution is -0.138. The first-order chi connectivity index (χ1) is 15.3. The summed E-state index contributed by atoms with van der Waals surface area (Å²) in [4.78, 5) is 15.3. The second-order valence-corrected chi connectivity index (χ2v) is 6.49. The molecule has 0 unspecified atom stereocenters. The molecule has 3 aromatic rings. The Hall–Kier alpha value is -3.38. The first-order valence-electron chi connectivity index (χ1n) is 9.08. The topological polar surface area (TPSA) is 79.7 Å². The van der Waals surface area contributed by atoms with Crippen molar-refractivity contribution in [2.75, 3.05) is 7.11 Å². The Bertz CT molecular complexity index is 1050. The van der Waals surface area contributed by atoms with E-state index in [1.165, 1.54) is 31.5 Å². The van der Waals surface area contributed by atoms with Gasteiger partial charge >= 0.3 is 25.4 Å². The van der Waals surface area contributed by atoms with Gasteiger partial charge in [0.2, 0.25) is 0 Å². The Labute approximate surface area is 184 Å². The van der Waals surface area contributed by atoms with Crippen molar-refractivity contribution >= 4 is 18.6 Å². The fraction of sp³-hybridized carbons (Fsp3) is 0.143. The van der Waals surface area contributed by atoms with Gasteiger partial charge in [0, 0.05) is 11.8 Å². The van der Waals surface area contributed by atoms with Gasteiger partial charge in [0.05, 0.1) is 29.5 Å². The number of rotatable bonds is 3. The Balaban J connectivity index is 0.000000257. The summed E-state index contributed by atoms with van der Waals surface area (Å²) in [5, 5.41) is 17.2. The number of aromatic nitrogens is 1. The Morgan fingerprint density at radius 2 is 1.30 bits per heavy atom. The van der Waals surface area contributed by atoms with Crippen LogP contribution in [0.15, 0.2) is 66.9 Å². The van der Waals surface area contributed by atoms with E-state index in [9.17, 15) is 31.1 Å². The lowest BCUT2D eigenvalue weighted by Crippen LogP contribution is -2.29. The average molecular weight is 471 g/mol.